The van der Waals surface area contributed by atoms with Crippen molar-refractivity contribution >= 4 is 28.9 Å². The second-order valence-corrected chi connectivity index (χ2v) is 7.04. The summed E-state index contributed by atoms with van der Waals surface area (Å²) < 4.78 is 33.2. The number of amides is 1. The predicted molar refractivity (Wildman–Crippen MR) is 105 cm³/mol. The van der Waals surface area contributed by atoms with Crippen molar-refractivity contribution in [2.75, 3.05) is 11.7 Å². The summed E-state index contributed by atoms with van der Waals surface area (Å²) in [6.45, 7) is 3.86. The summed E-state index contributed by atoms with van der Waals surface area (Å²) in [5.74, 6) is -2.22. The number of benzene rings is 2. The summed E-state index contributed by atoms with van der Waals surface area (Å²) in [5.41, 5.74) is 1.58. The van der Waals surface area contributed by atoms with Gasteiger partial charge >= 0.3 is 5.97 Å². The summed E-state index contributed by atoms with van der Waals surface area (Å²) in [4.78, 5) is 25.2. The van der Waals surface area contributed by atoms with E-state index in [-0.39, 0.29) is 16.6 Å². The van der Waals surface area contributed by atoms with Crippen LogP contribution in [0.1, 0.15) is 32.5 Å². The second kappa shape index (κ2) is 8.31. The number of anilines is 1. The Labute approximate surface area is 164 Å². The number of thiophene rings is 1. The average molecular weight is 401 g/mol. The zero-order chi connectivity index (χ0) is 20.3. The van der Waals surface area contributed by atoms with Gasteiger partial charge in [-0.3, -0.25) is 4.79 Å². The van der Waals surface area contributed by atoms with Gasteiger partial charge in [0.15, 0.2) is 0 Å². The maximum atomic E-state index is 14.4. The molecule has 0 saturated carbocycles. The number of carbonyl (C=O) groups is 2. The predicted octanol–water partition coefficient (Wildman–Crippen LogP) is 5.57. The molecule has 144 valence electrons. The maximum absolute atomic E-state index is 14.4. The van der Waals surface area contributed by atoms with Gasteiger partial charge < -0.3 is 4.74 Å². The number of esters is 1. The molecule has 1 heterocycles. The van der Waals surface area contributed by atoms with Gasteiger partial charge in [-0.15, -0.1) is 16.5 Å². The van der Waals surface area contributed by atoms with E-state index in [2.05, 4.69) is 0 Å². The summed E-state index contributed by atoms with van der Waals surface area (Å²) in [5, 5.41) is -0.202. The molecule has 0 aliphatic rings. The quantitative estimate of drug-likeness (QED) is 0.415. The highest BCUT2D eigenvalue weighted by Crippen LogP contribution is 2.33. The highest BCUT2D eigenvalue weighted by Gasteiger charge is 2.22. The number of hydrogen-bond acceptors (Lipinski definition) is 4. The number of halogens is 2. The lowest BCUT2D eigenvalue weighted by Gasteiger charge is -2.11. The van der Waals surface area contributed by atoms with E-state index in [1.165, 1.54) is 24.3 Å². The number of ether oxygens (including phenoxy) is 1. The van der Waals surface area contributed by atoms with Crippen molar-refractivity contribution in [3.63, 3.8) is 0 Å². The van der Waals surface area contributed by atoms with E-state index in [1.807, 2.05) is 6.92 Å². The van der Waals surface area contributed by atoms with Crippen LogP contribution in [0.3, 0.4) is 0 Å². The third-order valence-corrected chi connectivity index (χ3v) is 5.18. The van der Waals surface area contributed by atoms with Gasteiger partial charge in [0, 0.05) is 4.88 Å². The minimum Gasteiger partial charge on any atom is -0.462 e. The fourth-order valence-electron chi connectivity index (χ4n) is 2.64. The Hall–Kier alpha value is -3.06. The van der Waals surface area contributed by atoms with Gasteiger partial charge in [-0.25, -0.2) is 9.18 Å². The molecule has 0 aliphatic carbocycles. The molecule has 3 rings (SSSR count). The fraction of sp³-hybridized carbons (Fsp3) is 0.143. The van der Waals surface area contributed by atoms with Gasteiger partial charge in [0.05, 0.1) is 17.0 Å². The van der Waals surface area contributed by atoms with Crippen molar-refractivity contribution in [1.82, 2.24) is 0 Å². The SMILES string of the molecule is CCOC(=O)c1ccc(C)c(-c2ccc(C(=O)N(F)c3ccccc3F)s2)c1. The van der Waals surface area contributed by atoms with Crippen LogP contribution in [0.25, 0.3) is 10.4 Å². The summed E-state index contributed by atoms with van der Waals surface area (Å²) in [6.07, 6.45) is 0. The Bertz CT molecular complexity index is 1030. The monoisotopic (exact) mass is 401 g/mol. The Morgan fingerprint density at radius 1 is 1.11 bits per heavy atom. The molecule has 7 heteroatoms. The molecule has 4 nitrogen and oxygen atoms in total. The average Bonchev–Trinajstić information content (AvgIpc) is 3.17. The van der Waals surface area contributed by atoms with Crippen molar-refractivity contribution < 1.29 is 23.2 Å². The van der Waals surface area contributed by atoms with Crippen LogP contribution in [0.2, 0.25) is 0 Å². The van der Waals surface area contributed by atoms with Crippen LogP contribution < -0.4 is 5.12 Å². The summed E-state index contributed by atoms with van der Waals surface area (Å²) in [7, 11) is 0. The molecule has 0 fully saturated rings. The van der Waals surface area contributed by atoms with Gasteiger partial charge in [0.2, 0.25) is 0 Å². The first-order valence-corrected chi connectivity index (χ1v) is 9.36. The molecular weight excluding hydrogens is 384 g/mol. The van der Waals surface area contributed by atoms with Crippen LogP contribution in [-0.2, 0) is 4.74 Å². The van der Waals surface area contributed by atoms with Crippen LogP contribution in [0.4, 0.5) is 14.6 Å². The van der Waals surface area contributed by atoms with E-state index in [0.717, 1.165) is 28.5 Å². The molecule has 1 aromatic heterocycles. The molecule has 0 saturated heterocycles. The van der Waals surface area contributed by atoms with E-state index in [9.17, 15) is 18.5 Å². The Morgan fingerprint density at radius 2 is 1.86 bits per heavy atom. The molecule has 0 N–H and O–H groups in total. The van der Waals surface area contributed by atoms with Crippen molar-refractivity contribution in [2.45, 2.75) is 13.8 Å². The number of hydrogen-bond donors (Lipinski definition) is 0. The van der Waals surface area contributed by atoms with Gasteiger partial charge in [0.1, 0.15) is 11.5 Å². The third kappa shape index (κ3) is 3.94. The van der Waals surface area contributed by atoms with Crippen molar-refractivity contribution in [3.8, 4) is 10.4 Å². The highest BCUT2D eigenvalue weighted by atomic mass is 32.1. The van der Waals surface area contributed by atoms with Crippen molar-refractivity contribution in [1.29, 1.82) is 0 Å². The molecule has 0 spiro atoms. The van der Waals surface area contributed by atoms with Crippen LogP contribution in [0.15, 0.2) is 54.6 Å². The molecule has 28 heavy (non-hydrogen) atoms. The van der Waals surface area contributed by atoms with Gasteiger partial charge in [0.25, 0.3) is 5.91 Å². The zero-order valence-electron chi connectivity index (χ0n) is 15.2. The molecule has 1 amide bonds. The Kier molecular flexibility index (Phi) is 5.84. The van der Waals surface area contributed by atoms with Crippen molar-refractivity contribution in [3.05, 3.63) is 76.4 Å². The minimum absolute atomic E-state index is 0.113. The lowest BCUT2D eigenvalue weighted by atomic mass is 10.0. The first kappa shape index (κ1) is 19.7. The summed E-state index contributed by atoms with van der Waals surface area (Å²) in [6, 6.07) is 13.4. The largest absolute Gasteiger partial charge is 0.462 e. The minimum atomic E-state index is -0.958. The van der Waals surface area contributed by atoms with Crippen molar-refractivity contribution in [2.24, 2.45) is 0 Å². The van der Waals surface area contributed by atoms with Crippen LogP contribution in [0, 0.1) is 12.7 Å². The summed E-state index contributed by atoms with van der Waals surface area (Å²) >= 11 is 1.07. The molecule has 0 bridgehead atoms. The third-order valence-electron chi connectivity index (χ3n) is 4.07. The first-order valence-electron chi connectivity index (χ1n) is 8.55. The van der Waals surface area contributed by atoms with E-state index < -0.39 is 23.4 Å². The van der Waals surface area contributed by atoms with E-state index in [4.69, 9.17) is 4.74 Å². The first-order chi connectivity index (χ1) is 13.4. The fourth-order valence-corrected chi connectivity index (χ4v) is 3.65. The highest BCUT2D eigenvalue weighted by molar-refractivity contribution is 7.17. The van der Waals surface area contributed by atoms with Gasteiger partial charge in [-0.05, 0) is 61.4 Å². The normalized spacial score (nSPS) is 10.6. The Morgan fingerprint density at radius 3 is 2.57 bits per heavy atom. The lowest BCUT2D eigenvalue weighted by Crippen LogP contribution is -2.21. The molecule has 0 unspecified atom stereocenters. The van der Waals surface area contributed by atoms with Crippen LogP contribution in [-0.4, -0.2) is 18.5 Å². The maximum Gasteiger partial charge on any atom is 0.338 e. The molecule has 0 aliphatic heterocycles. The number of aryl methyl sites for hydroxylation is 1. The number of carbonyl (C=O) groups excluding carboxylic acids is 2. The zero-order valence-corrected chi connectivity index (χ0v) is 16.1. The van der Waals surface area contributed by atoms with Gasteiger partial charge in [-0.2, -0.15) is 0 Å². The van der Waals surface area contributed by atoms with Gasteiger partial charge in [-0.1, -0.05) is 22.7 Å². The van der Waals surface area contributed by atoms with Crippen LogP contribution >= 0.6 is 11.3 Å². The molecule has 0 radical (unpaired) electrons. The molecule has 0 atom stereocenters. The number of rotatable bonds is 5. The van der Waals surface area contributed by atoms with Crippen LogP contribution in [0.5, 0.6) is 0 Å². The number of nitrogens with zero attached hydrogens (tertiary/aromatic N) is 1. The second-order valence-electron chi connectivity index (χ2n) is 5.95. The van der Waals surface area contributed by atoms with E-state index in [0.29, 0.717) is 10.4 Å². The smallest absolute Gasteiger partial charge is 0.338 e. The molecular formula is C21H17F2NO3S. The van der Waals surface area contributed by atoms with E-state index in [1.54, 1.807) is 31.2 Å². The topological polar surface area (TPSA) is 46.6 Å². The Balaban J connectivity index is 1.90. The lowest BCUT2D eigenvalue weighted by molar-refractivity contribution is 0.0526. The number of para-hydroxylation sites is 1. The van der Waals surface area contributed by atoms with E-state index >= 15 is 0 Å². The standard InChI is InChI=1S/C21H17F2NO3S/c1-3-27-21(26)14-9-8-13(2)15(12-14)18-10-11-19(28-18)20(25)24(23)17-7-5-4-6-16(17)22/h4-12H,3H2,1-2H3. The molecule has 2 aromatic carbocycles. The molecule has 3 aromatic rings.